The van der Waals surface area contributed by atoms with Gasteiger partial charge in [0.05, 0.1) is 19.4 Å². The molecule has 0 amide bonds. The van der Waals surface area contributed by atoms with Crippen LogP contribution >= 0.6 is 0 Å². The molecule has 0 unspecified atom stereocenters. The largest absolute Gasteiger partial charge is 0.497 e. The van der Waals surface area contributed by atoms with Gasteiger partial charge in [0, 0.05) is 32.4 Å². The van der Waals surface area contributed by atoms with E-state index < -0.39 is 0 Å². The molecule has 1 saturated heterocycles. The summed E-state index contributed by atoms with van der Waals surface area (Å²) in [6.45, 7) is 8.25. The van der Waals surface area contributed by atoms with Crippen molar-refractivity contribution in [3.05, 3.63) is 42.1 Å². The SMILES string of the molecule is CCc1ccnc(N2CCN(CCCCCCOc3ccc(OC)cc3)CC2)c1N. The molecule has 2 heterocycles. The van der Waals surface area contributed by atoms with Gasteiger partial charge >= 0.3 is 0 Å². The van der Waals surface area contributed by atoms with Gasteiger partial charge in [-0.05, 0) is 61.7 Å². The molecule has 2 aromatic rings. The van der Waals surface area contributed by atoms with Crippen molar-refractivity contribution in [2.75, 3.05) is 57.1 Å². The molecule has 1 aromatic heterocycles. The number of methoxy groups -OCH3 is 1. The number of aryl methyl sites for hydroxylation is 1. The fourth-order valence-corrected chi connectivity index (χ4v) is 3.90. The second kappa shape index (κ2) is 11.6. The molecule has 1 aliphatic rings. The maximum Gasteiger partial charge on any atom is 0.152 e. The zero-order valence-electron chi connectivity index (χ0n) is 18.5. The first kappa shape index (κ1) is 22.2. The normalized spacial score (nSPS) is 14.7. The van der Waals surface area contributed by atoms with Gasteiger partial charge in [-0.3, -0.25) is 4.90 Å². The van der Waals surface area contributed by atoms with Crippen molar-refractivity contribution in [1.29, 1.82) is 0 Å². The highest BCUT2D eigenvalue weighted by Gasteiger charge is 2.20. The van der Waals surface area contributed by atoms with E-state index in [0.29, 0.717) is 0 Å². The van der Waals surface area contributed by atoms with E-state index in [1.54, 1.807) is 7.11 Å². The lowest BCUT2D eigenvalue weighted by Gasteiger charge is -2.36. The number of hydrogen-bond donors (Lipinski definition) is 1. The minimum atomic E-state index is 0.774. The minimum Gasteiger partial charge on any atom is -0.497 e. The third kappa shape index (κ3) is 6.26. The summed E-state index contributed by atoms with van der Waals surface area (Å²) in [5.74, 6) is 2.73. The van der Waals surface area contributed by atoms with E-state index in [1.165, 1.54) is 31.4 Å². The second-order valence-electron chi connectivity index (χ2n) is 7.83. The van der Waals surface area contributed by atoms with Crippen molar-refractivity contribution in [3.8, 4) is 11.5 Å². The number of anilines is 2. The summed E-state index contributed by atoms with van der Waals surface area (Å²) in [4.78, 5) is 9.43. The van der Waals surface area contributed by atoms with Gasteiger partial charge in [0.2, 0.25) is 0 Å². The number of nitrogens with two attached hydrogens (primary N) is 1. The van der Waals surface area contributed by atoms with Crippen LogP contribution in [0.1, 0.15) is 38.2 Å². The monoisotopic (exact) mass is 412 g/mol. The van der Waals surface area contributed by atoms with Crippen molar-refractivity contribution >= 4 is 11.5 Å². The average molecular weight is 413 g/mol. The summed E-state index contributed by atoms with van der Waals surface area (Å²) in [7, 11) is 1.67. The maximum atomic E-state index is 6.31. The molecule has 1 aromatic carbocycles. The van der Waals surface area contributed by atoms with Gasteiger partial charge in [-0.25, -0.2) is 4.98 Å². The number of benzene rings is 1. The first-order valence-electron chi connectivity index (χ1n) is 11.2. The molecule has 30 heavy (non-hydrogen) atoms. The average Bonchev–Trinajstić information content (AvgIpc) is 2.79. The number of rotatable bonds is 11. The number of piperazine rings is 1. The predicted molar refractivity (Wildman–Crippen MR) is 124 cm³/mol. The minimum absolute atomic E-state index is 0.774. The highest BCUT2D eigenvalue weighted by molar-refractivity contribution is 5.66. The van der Waals surface area contributed by atoms with Crippen LogP contribution in [0.2, 0.25) is 0 Å². The van der Waals surface area contributed by atoms with Crippen LogP contribution in [-0.2, 0) is 6.42 Å². The lowest BCUT2D eigenvalue weighted by Crippen LogP contribution is -2.47. The first-order valence-corrected chi connectivity index (χ1v) is 11.2. The number of ether oxygens (including phenoxy) is 2. The number of pyridine rings is 1. The van der Waals surface area contributed by atoms with E-state index >= 15 is 0 Å². The molecular weight excluding hydrogens is 376 g/mol. The molecular formula is C24H36N4O2. The van der Waals surface area contributed by atoms with Crippen LogP contribution < -0.4 is 20.1 Å². The molecule has 164 valence electrons. The standard InChI is InChI=1S/C24H36N4O2/c1-3-20-12-13-26-24(23(20)25)28-17-15-27(16-18-28)14-6-4-5-7-19-30-22-10-8-21(29-2)9-11-22/h8-13H,3-7,14-19,25H2,1-2H3. The van der Waals surface area contributed by atoms with E-state index in [1.807, 2.05) is 36.5 Å². The molecule has 0 saturated carbocycles. The lowest BCUT2D eigenvalue weighted by atomic mass is 10.1. The molecule has 0 radical (unpaired) electrons. The van der Waals surface area contributed by atoms with E-state index in [9.17, 15) is 0 Å². The van der Waals surface area contributed by atoms with Crippen LogP contribution in [0, 0.1) is 0 Å². The van der Waals surface area contributed by atoms with Crippen molar-refractivity contribution < 1.29 is 9.47 Å². The molecule has 0 aliphatic carbocycles. The van der Waals surface area contributed by atoms with Crippen LogP contribution in [0.25, 0.3) is 0 Å². The summed E-state index contributed by atoms with van der Waals surface area (Å²) in [6.07, 6.45) is 7.63. The quantitative estimate of drug-likeness (QED) is 0.563. The Balaban J connectivity index is 1.26. The summed E-state index contributed by atoms with van der Waals surface area (Å²) in [5.41, 5.74) is 8.36. The molecule has 6 nitrogen and oxygen atoms in total. The number of nitrogens with zero attached hydrogens (tertiary/aromatic N) is 3. The van der Waals surface area contributed by atoms with E-state index in [-0.39, 0.29) is 0 Å². The third-order valence-electron chi connectivity index (χ3n) is 5.81. The Kier molecular flexibility index (Phi) is 8.63. The molecule has 1 fully saturated rings. The summed E-state index contributed by atoms with van der Waals surface area (Å²) in [6, 6.07) is 9.80. The first-order chi connectivity index (χ1) is 14.7. The van der Waals surface area contributed by atoms with Crippen LogP contribution in [0.15, 0.2) is 36.5 Å². The van der Waals surface area contributed by atoms with Crippen LogP contribution in [0.5, 0.6) is 11.5 Å². The molecule has 3 rings (SSSR count). The Bertz CT molecular complexity index is 758. The van der Waals surface area contributed by atoms with E-state index in [2.05, 4.69) is 21.7 Å². The third-order valence-corrected chi connectivity index (χ3v) is 5.81. The summed E-state index contributed by atoms with van der Waals surface area (Å²) >= 11 is 0. The van der Waals surface area contributed by atoms with Crippen LogP contribution in [0.4, 0.5) is 11.5 Å². The molecule has 2 N–H and O–H groups in total. The Morgan fingerprint density at radius 1 is 0.933 bits per heavy atom. The predicted octanol–water partition coefficient (Wildman–Crippen LogP) is 4.00. The number of unbranched alkanes of at least 4 members (excludes halogenated alkanes) is 3. The second-order valence-corrected chi connectivity index (χ2v) is 7.83. The van der Waals surface area contributed by atoms with Crippen molar-refractivity contribution in [1.82, 2.24) is 9.88 Å². The van der Waals surface area contributed by atoms with Gasteiger partial charge in [0.15, 0.2) is 5.82 Å². The number of nitrogen functional groups attached to an aromatic ring is 1. The molecule has 0 bridgehead atoms. The fourth-order valence-electron chi connectivity index (χ4n) is 3.90. The molecule has 6 heteroatoms. The Morgan fingerprint density at radius 3 is 2.33 bits per heavy atom. The molecule has 0 spiro atoms. The summed E-state index contributed by atoms with van der Waals surface area (Å²) in [5, 5.41) is 0. The van der Waals surface area contributed by atoms with Gasteiger partial charge < -0.3 is 20.1 Å². The number of hydrogen-bond acceptors (Lipinski definition) is 6. The highest BCUT2D eigenvalue weighted by Crippen LogP contribution is 2.25. The summed E-state index contributed by atoms with van der Waals surface area (Å²) < 4.78 is 11.0. The van der Waals surface area contributed by atoms with Crippen LogP contribution in [-0.4, -0.2) is 56.3 Å². The fraction of sp³-hybridized carbons (Fsp3) is 0.542. The van der Waals surface area contributed by atoms with Gasteiger partial charge in [-0.15, -0.1) is 0 Å². The van der Waals surface area contributed by atoms with Crippen molar-refractivity contribution in [3.63, 3.8) is 0 Å². The molecule has 0 atom stereocenters. The Labute approximate surface area is 181 Å². The van der Waals surface area contributed by atoms with Gasteiger partial charge in [-0.1, -0.05) is 19.8 Å². The maximum absolute atomic E-state index is 6.31. The van der Waals surface area contributed by atoms with Gasteiger partial charge in [0.1, 0.15) is 11.5 Å². The Hall–Kier alpha value is -2.47. The number of aromatic nitrogens is 1. The zero-order chi connectivity index (χ0) is 21.2. The Morgan fingerprint density at radius 2 is 1.63 bits per heavy atom. The van der Waals surface area contributed by atoms with Crippen molar-refractivity contribution in [2.24, 2.45) is 0 Å². The topological polar surface area (TPSA) is 63.9 Å². The van der Waals surface area contributed by atoms with Gasteiger partial charge in [0.25, 0.3) is 0 Å². The molecule has 1 aliphatic heterocycles. The van der Waals surface area contributed by atoms with Crippen molar-refractivity contribution in [2.45, 2.75) is 39.0 Å². The van der Waals surface area contributed by atoms with Crippen LogP contribution in [0.3, 0.4) is 0 Å². The lowest BCUT2D eigenvalue weighted by molar-refractivity contribution is 0.249. The van der Waals surface area contributed by atoms with Gasteiger partial charge in [-0.2, -0.15) is 0 Å². The van der Waals surface area contributed by atoms with E-state index in [4.69, 9.17) is 15.2 Å². The zero-order valence-corrected chi connectivity index (χ0v) is 18.5. The van der Waals surface area contributed by atoms with E-state index in [0.717, 1.165) is 68.6 Å². The highest BCUT2D eigenvalue weighted by atomic mass is 16.5. The smallest absolute Gasteiger partial charge is 0.152 e.